The summed E-state index contributed by atoms with van der Waals surface area (Å²) in [7, 11) is 0. The van der Waals surface area contributed by atoms with Gasteiger partial charge in [0.2, 0.25) is 11.4 Å². The highest BCUT2D eigenvalue weighted by atomic mass is 32.1. The van der Waals surface area contributed by atoms with E-state index in [1.807, 2.05) is 11.4 Å². The molecule has 0 bridgehead atoms. The molecule has 5 aromatic heterocycles. The van der Waals surface area contributed by atoms with Gasteiger partial charge in [-0.05, 0) is 18.9 Å². The fourth-order valence-electron chi connectivity index (χ4n) is 5.53. The molecule has 1 saturated heterocycles. The summed E-state index contributed by atoms with van der Waals surface area (Å²) in [4.78, 5) is 33.3. The molecule has 2 aliphatic rings. The first-order valence-electron chi connectivity index (χ1n) is 13.8. The minimum Gasteiger partial charge on any atom is -0.459 e. The van der Waals surface area contributed by atoms with Gasteiger partial charge in [-0.1, -0.05) is 12.8 Å². The van der Waals surface area contributed by atoms with Gasteiger partial charge in [0.1, 0.15) is 18.2 Å². The van der Waals surface area contributed by atoms with E-state index in [2.05, 4.69) is 25.7 Å². The summed E-state index contributed by atoms with van der Waals surface area (Å²) in [6.45, 7) is 2.72. The second kappa shape index (κ2) is 11.0. The van der Waals surface area contributed by atoms with Crippen LogP contribution in [0.2, 0.25) is 0 Å². The summed E-state index contributed by atoms with van der Waals surface area (Å²) in [6, 6.07) is 3.58. The van der Waals surface area contributed by atoms with Crippen LogP contribution in [0.15, 0.2) is 39.3 Å². The van der Waals surface area contributed by atoms with Gasteiger partial charge in [0.05, 0.1) is 28.6 Å². The molecule has 1 amide bonds. The molecule has 0 radical (unpaired) electrons. The Bertz CT molecular complexity index is 1840. The Morgan fingerprint density at radius 1 is 1.17 bits per heavy atom. The molecule has 1 aliphatic heterocycles. The van der Waals surface area contributed by atoms with Crippen molar-refractivity contribution < 1.29 is 13.9 Å². The number of nitrogens with zero attached hydrogens (tertiary/aromatic N) is 5. The summed E-state index contributed by atoms with van der Waals surface area (Å²) < 4.78 is 13.6. The van der Waals surface area contributed by atoms with Gasteiger partial charge in [0.25, 0.3) is 5.91 Å². The third-order valence-electron chi connectivity index (χ3n) is 7.72. The Balaban J connectivity index is 1.23. The van der Waals surface area contributed by atoms with E-state index in [9.17, 15) is 9.59 Å². The fourth-order valence-corrected chi connectivity index (χ4v) is 7.64. The average Bonchev–Trinajstić information content (AvgIpc) is 3.75. The van der Waals surface area contributed by atoms with Crippen molar-refractivity contribution in [3.05, 3.63) is 45.9 Å². The van der Waals surface area contributed by atoms with Gasteiger partial charge in [-0.15, -0.1) is 32.9 Å². The molecule has 42 heavy (non-hydrogen) atoms. The zero-order valence-electron chi connectivity index (χ0n) is 22.5. The number of anilines is 4. The van der Waals surface area contributed by atoms with E-state index >= 15 is 0 Å². The number of fused-ring (bicyclic) bond motifs is 2. The normalized spacial score (nSPS) is 19.4. The van der Waals surface area contributed by atoms with E-state index in [0.29, 0.717) is 36.1 Å². The molecule has 15 heteroatoms. The number of morpholine rings is 1. The first-order chi connectivity index (χ1) is 20.5. The fraction of sp³-hybridized carbons (Fsp3) is 0.370. The highest BCUT2D eigenvalue weighted by Crippen LogP contribution is 2.40. The lowest BCUT2D eigenvalue weighted by Crippen LogP contribution is -2.43. The number of ether oxygens (including phenoxy) is 1. The molecule has 6 heterocycles. The van der Waals surface area contributed by atoms with E-state index in [4.69, 9.17) is 25.6 Å². The predicted octanol–water partition coefficient (Wildman–Crippen LogP) is 3.38. The number of furan rings is 1. The molecule has 0 aromatic carbocycles. The Morgan fingerprint density at radius 2 is 2.00 bits per heavy atom. The van der Waals surface area contributed by atoms with Crippen LogP contribution in [0.4, 0.5) is 22.5 Å². The lowest BCUT2D eigenvalue weighted by atomic mass is 9.91. The van der Waals surface area contributed by atoms with Gasteiger partial charge in [-0.25, -0.2) is 0 Å². The van der Waals surface area contributed by atoms with Crippen LogP contribution in [0, 0.1) is 0 Å². The summed E-state index contributed by atoms with van der Waals surface area (Å²) in [5, 5.41) is 17.7. The van der Waals surface area contributed by atoms with Crippen LogP contribution in [0.1, 0.15) is 36.0 Å². The Morgan fingerprint density at radius 3 is 2.81 bits per heavy atom. The van der Waals surface area contributed by atoms with Crippen molar-refractivity contribution in [2.24, 2.45) is 11.5 Å². The number of hydrogen-bond donors (Lipinski definition) is 4. The van der Waals surface area contributed by atoms with Crippen molar-refractivity contribution in [1.82, 2.24) is 19.6 Å². The minimum atomic E-state index is -0.680. The minimum absolute atomic E-state index is 0.0111. The van der Waals surface area contributed by atoms with Crippen LogP contribution < -0.4 is 32.4 Å². The number of hydrogen-bond acceptors (Lipinski definition) is 13. The summed E-state index contributed by atoms with van der Waals surface area (Å²) in [5.74, 6) is 0.0534. The molecule has 7 rings (SSSR count). The third-order valence-corrected chi connectivity index (χ3v) is 9.87. The van der Waals surface area contributed by atoms with Crippen molar-refractivity contribution in [1.29, 1.82) is 0 Å². The number of aromatic nitrogens is 4. The number of nitrogens with one attached hydrogen (secondary N) is 2. The smallest absolute Gasteiger partial charge is 0.256 e. The second-order valence-electron chi connectivity index (χ2n) is 10.4. The zero-order chi connectivity index (χ0) is 28.8. The van der Waals surface area contributed by atoms with Crippen molar-refractivity contribution in [2.45, 2.75) is 37.8 Å². The van der Waals surface area contributed by atoms with Crippen molar-refractivity contribution in [2.75, 3.05) is 41.8 Å². The number of carbonyl (C=O) groups is 1. The molecule has 218 valence electrons. The predicted molar refractivity (Wildman–Crippen MR) is 163 cm³/mol. The maximum atomic E-state index is 12.9. The SMILES string of the molecule is NC(=O)c1c(Nc2csc(-c3coc4c(=O)cc(N5CCOCC5)sc34)c2)nc(N[C@H]2CCCC[C@H]2N)n2cnnc12. The van der Waals surface area contributed by atoms with Gasteiger partial charge in [0, 0.05) is 47.1 Å². The largest absolute Gasteiger partial charge is 0.459 e. The molecule has 1 saturated carbocycles. The number of carbonyl (C=O) groups excluding carboxylic acids is 1. The van der Waals surface area contributed by atoms with E-state index < -0.39 is 5.91 Å². The Labute approximate surface area is 247 Å². The molecule has 5 aromatic rings. The van der Waals surface area contributed by atoms with Crippen LogP contribution >= 0.6 is 22.7 Å². The van der Waals surface area contributed by atoms with Crippen LogP contribution in [-0.2, 0) is 4.74 Å². The highest BCUT2D eigenvalue weighted by molar-refractivity contribution is 7.23. The Kier molecular flexibility index (Phi) is 7.01. The van der Waals surface area contributed by atoms with E-state index in [-0.39, 0.29) is 28.9 Å². The van der Waals surface area contributed by atoms with E-state index in [0.717, 1.165) is 58.9 Å². The van der Waals surface area contributed by atoms with Crippen molar-refractivity contribution in [3.63, 3.8) is 0 Å². The number of rotatable bonds is 7. The standard InChI is InChI=1S/C27H29N9O4S2/c28-16-3-1-2-4-17(16)32-27-33-25(21(24(29)38)26-34-30-13-36(26)27)31-14-9-19(41-12-14)15-11-40-22-18(37)10-20(42-23(15)22)35-5-7-39-8-6-35/h9-13,16-17,31H,1-8,28H2,(H2,29,38)(H,32,33)/t16-,17+/m1/s1. The van der Waals surface area contributed by atoms with Crippen LogP contribution in [0.3, 0.4) is 0 Å². The van der Waals surface area contributed by atoms with E-state index in [1.165, 1.54) is 29.0 Å². The number of amides is 1. The van der Waals surface area contributed by atoms with Gasteiger partial charge < -0.3 is 36.2 Å². The summed E-state index contributed by atoms with van der Waals surface area (Å²) in [5.41, 5.74) is 14.3. The third kappa shape index (κ3) is 4.87. The van der Waals surface area contributed by atoms with Gasteiger partial charge in [0.15, 0.2) is 17.0 Å². The molecule has 6 N–H and O–H groups in total. The maximum Gasteiger partial charge on any atom is 0.256 e. The molecule has 2 fully saturated rings. The van der Waals surface area contributed by atoms with Crippen molar-refractivity contribution >= 4 is 67.0 Å². The monoisotopic (exact) mass is 607 g/mol. The highest BCUT2D eigenvalue weighted by Gasteiger charge is 2.26. The molecule has 0 unspecified atom stereocenters. The van der Waals surface area contributed by atoms with Crippen molar-refractivity contribution in [3.8, 4) is 10.4 Å². The number of primary amides is 1. The average molecular weight is 608 g/mol. The number of thiophene rings is 1. The second-order valence-corrected chi connectivity index (χ2v) is 12.4. The molecular weight excluding hydrogens is 578 g/mol. The van der Waals surface area contributed by atoms with Gasteiger partial charge in [-0.3, -0.25) is 14.0 Å². The lowest BCUT2D eigenvalue weighted by molar-refractivity contribution is 0.100. The van der Waals surface area contributed by atoms with Crippen LogP contribution in [0.5, 0.6) is 0 Å². The van der Waals surface area contributed by atoms with E-state index in [1.54, 1.807) is 16.7 Å². The Hall–Kier alpha value is -4.05. The summed E-state index contributed by atoms with van der Waals surface area (Å²) >= 11 is 3.01. The topological polar surface area (TPSA) is 179 Å². The first-order valence-corrected chi connectivity index (χ1v) is 15.5. The summed E-state index contributed by atoms with van der Waals surface area (Å²) in [6.07, 6.45) is 7.13. The number of nitrogens with two attached hydrogens (primary N) is 2. The van der Waals surface area contributed by atoms with Gasteiger partial charge >= 0.3 is 0 Å². The van der Waals surface area contributed by atoms with Crippen LogP contribution in [0.25, 0.3) is 26.4 Å². The molecule has 13 nitrogen and oxygen atoms in total. The van der Waals surface area contributed by atoms with Crippen LogP contribution in [-0.4, -0.2) is 63.9 Å². The zero-order valence-corrected chi connectivity index (χ0v) is 24.2. The first kappa shape index (κ1) is 26.8. The lowest BCUT2D eigenvalue weighted by Gasteiger charge is -2.30. The molecule has 0 spiro atoms. The molecule has 2 atom stereocenters. The quantitative estimate of drug-likeness (QED) is 0.213. The van der Waals surface area contributed by atoms with Gasteiger partial charge in [-0.2, -0.15) is 4.98 Å². The molecular formula is C27H29N9O4S2. The maximum absolute atomic E-state index is 12.9. The molecule has 1 aliphatic carbocycles.